The lowest BCUT2D eigenvalue weighted by Crippen LogP contribution is -2.77. The van der Waals surface area contributed by atoms with E-state index < -0.39 is 8.07 Å². The maximum atomic E-state index is 2.54. The molecule has 2 unspecified atom stereocenters. The predicted molar refractivity (Wildman–Crippen MR) is 121 cm³/mol. The van der Waals surface area contributed by atoms with Crippen molar-refractivity contribution in [1.82, 2.24) is 0 Å². The number of fused-ring (bicyclic) bond motifs is 8. The molecule has 0 N–H and O–H groups in total. The van der Waals surface area contributed by atoms with Crippen molar-refractivity contribution in [3.63, 3.8) is 0 Å². The zero-order chi connectivity index (χ0) is 18.8. The Labute approximate surface area is 168 Å². The fourth-order valence-corrected chi connectivity index (χ4v) is 12.9. The Bertz CT molecular complexity index is 1110. The smallest absolute Gasteiger partial charge is 0.0823 e. The van der Waals surface area contributed by atoms with Gasteiger partial charge in [-0.15, -0.1) is 0 Å². The van der Waals surface area contributed by atoms with Crippen molar-refractivity contribution in [2.24, 2.45) is 5.41 Å². The van der Waals surface area contributed by atoms with Gasteiger partial charge in [-0.25, -0.2) is 0 Å². The molecule has 2 aliphatic heterocycles. The van der Waals surface area contributed by atoms with Crippen LogP contribution in [0.1, 0.15) is 23.6 Å². The molecule has 3 aliphatic rings. The lowest BCUT2D eigenvalue weighted by Gasteiger charge is -2.54. The summed E-state index contributed by atoms with van der Waals surface area (Å²) in [6, 6.07) is 27.9. The molecule has 6 rings (SSSR count). The first-order valence-corrected chi connectivity index (χ1v) is 12.4. The second-order valence-electron chi connectivity index (χ2n) is 8.86. The van der Waals surface area contributed by atoms with Gasteiger partial charge >= 0.3 is 0 Å². The van der Waals surface area contributed by atoms with E-state index in [0.29, 0.717) is 5.54 Å². The van der Waals surface area contributed by atoms with Crippen molar-refractivity contribution in [3.05, 3.63) is 114 Å². The van der Waals surface area contributed by atoms with Gasteiger partial charge < -0.3 is 0 Å². The fraction of sp³-hybridized carbons (Fsp3) is 0.185. The number of benzene rings is 3. The summed E-state index contributed by atoms with van der Waals surface area (Å²) in [7, 11) is -2.20. The molecule has 0 saturated heterocycles. The van der Waals surface area contributed by atoms with Gasteiger partial charge in [0.2, 0.25) is 0 Å². The van der Waals surface area contributed by atoms with Crippen LogP contribution in [0.4, 0.5) is 0 Å². The first kappa shape index (κ1) is 16.3. The van der Waals surface area contributed by atoms with Crippen LogP contribution in [0.2, 0.25) is 5.54 Å². The predicted octanol–water partition coefficient (Wildman–Crippen LogP) is 4.12. The minimum atomic E-state index is -2.20. The number of allylic oxidation sites excluding steroid dienone is 4. The molecule has 3 aromatic rings. The van der Waals surface area contributed by atoms with E-state index in [0.717, 1.165) is 12.8 Å². The molecule has 0 bridgehead atoms. The van der Waals surface area contributed by atoms with E-state index in [1.807, 2.05) is 0 Å². The monoisotopic (exact) mass is 376 g/mol. The molecule has 2 heterocycles. The third kappa shape index (κ3) is 1.95. The van der Waals surface area contributed by atoms with Crippen LogP contribution >= 0.6 is 0 Å². The van der Waals surface area contributed by atoms with E-state index in [9.17, 15) is 0 Å². The largest absolute Gasteiger partial charge is 0.156 e. The molecule has 0 saturated carbocycles. The van der Waals surface area contributed by atoms with Crippen LogP contribution in [0, 0.1) is 5.41 Å². The molecule has 0 nitrogen and oxygen atoms in total. The zero-order valence-corrected chi connectivity index (χ0v) is 17.2. The summed E-state index contributed by atoms with van der Waals surface area (Å²) in [5.41, 5.74) is 5.35. The molecule has 3 aromatic carbocycles. The first-order valence-electron chi connectivity index (χ1n) is 10.3. The number of rotatable bonds is 0. The molecule has 0 fully saturated rings. The SMILES string of the molecule is CC12C=CC=CC1[Si]1(c3ccccc3Cc3ccccc31)c1ccccc1C2. The van der Waals surface area contributed by atoms with Gasteiger partial charge in [-0.1, -0.05) is 104 Å². The van der Waals surface area contributed by atoms with Gasteiger partial charge in [-0.3, -0.25) is 0 Å². The molecule has 0 aromatic heterocycles. The summed E-state index contributed by atoms with van der Waals surface area (Å²) < 4.78 is 0. The van der Waals surface area contributed by atoms with E-state index in [4.69, 9.17) is 0 Å². The molecule has 1 heteroatoms. The zero-order valence-electron chi connectivity index (χ0n) is 16.2. The third-order valence-corrected chi connectivity index (χ3v) is 13.1. The maximum absolute atomic E-state index is 2.54. The lowest BCUT2D eigenvalue weighted by atomic mass is 9.77. The molecule has 0 amide bonds. The molecular formula is C27H24Si. The summed E-state index contributed by atoms with van der Waals surface area (Å²) in [4.78, 5) is 0. The average molecular weight is 377 g/mol. The molecule has 1 aliphatic carbocycles. The topological polar surface area (TPSA) is 0 Å². The van der Waals surface area contributed by atoms with Crippen LogP contribution in [0.25, 0.3) is 0 Å². The van der Waals surface area contributed by atoms with E-state index in [2.05, 4.69) is 104 Å². The highest BCUT2D eigenvalue weighted by atomic mass is 28.3. The highest BCUT2D eigenvalue weighted by Crippen LogP contribution is 2.50. The van der Waals surface area contributed by atoms with Crippen molar-refractivity contribution in [2.75, 3.05) is 0 Å². The van der Waals surface area contributed by atoms with Crippen molar-refractivity contribution in [3.8, 4) is 0 Å². The summed E-state index contributed by atoms with van der Waals surface area (Å²) in [5.74, 6) is 0. The Morgan fingerprint density at radius 1 is 0.714 bits per heavy atom. The van der Waals surface area contributed by atoms with Gasteiger partial charge in [0.15, 0.2) is 8.07 Å². The van der Waals surface area contributed by atoms with Crippen LogP contribution in [0.15, 0.2) is 97.1 Å². The van der Waals surface area contributed by atoms with Crippen LogP contribution in [0.5, 0.6) is 0 Å². The second-order valence-corrected chi connectivity index (χ2v) is 12.7. The van der Waals surface area contributed by atoms with Crippen molar-refractivity contribution >= 4 is 23.6 Å². The lowest BCUT2D eigenvalue weighted by molar-refractivity contribution is 0.415. The van der Waals surface area contributed by atoms with Crippen LogP contribution in [-0.4, -0.2) is 8.07 Å². The Morgan fingerprint density at radius 3 is 1.89 bits per heavy atom. The molecule has 2 atom stereocenters. The minimum absolute atomic E-state index is 0.174. The minimum Gasteiger partial charge on any atom is -0.0823 e. The first-order chi connectivity index (χ1) is 13.7. The van der Waals surface area contributed by atoms with Crippen molar-refractivity contribution in [2.45, 2.75) is 25.3 Å². The third-order valence-electron chi connectivity index (χ3n) is 7.35. The van der Waals surface area contributed by atoms with Crippen LogP contribution in [0.3, 0.4) is 0 Å². The molecule has 136 valence electrons. The Morgan fingerprint density at radius 2 is 1.25 bits per heavy atom. The fourth-order valence-electron chi connectivity index (χ4n) is 6.31. The summed E-state index contributed by atoms with van der Waals surface area (Å²) >= 11 is 0. The number of hydrogen-bond donors (Lipinski definition) is 0. The quantitative estimate of drug-likeness (QED) is 0.518. The van der Waals surface area contributed by atoms with E-state index in [1.54, 1.807) is 21.1 Å². The Hall–Kier alpha value is -2.64. The van der Waals surface area contributed by atoms with Gasteiger partial charge in [0.05, 0.1) is 0 Å². The highest BCUT2D eigenvalue weighted by Gasteiger charge is 2.58. The standard InChI is InChI=1S/C27H24Si/c1-27-17-9-8-16-26(27)28(25-15-7-4-12-22(25)19-27)23-13-5-2-10-20(23)18-21-11-3-6-14-24(21)28/h2-17,26H,18-19H2,1H3. The van der Waals surface area contributed by atoms with E-state index in [-0.39, 0.29) is 5.41 Å². The molecular weight excluding hydrogens is 352 g/mol. The average Bonchev–Trinajstić information content (AvgIpc) is 2.73. The number of hydrogen-bond acceptors (Lipinski definition) is 0. The second kappa shape index (κ2) is 5.68. The Balaban J connectivity index is 1.81. The summed E-state index contributed by atoms with van der Waals surface area (Å²) in [6.07, 6.45) is 11.8. The maximum Gasteiger partial charge on any atom is 0.156 e. The van der Waals surface area contributed by atoms with Crippen molar-refractivity contribution in [1.29, 1.82) is 0 Å². The van der Waals surface area contributed by atoms with Crippen LogP contribution in [-0.2, 0) is 12.8 Å². The van der Waals surface area contributed by atoms with Crippen LogP contribution < -0.4 is 15.6 Å². The van der Waals surface area contributed by atoms with Gasteiger partial charge in [-0.05, 0) is 56.0 Å². The summed E-state index contributed by atoms with van der Waals surface area (Å²) in [6.45, 7) is 2.49. The van der Waals surface area contributed by atoms with Gasteiger partial charge in [0.25, 0.3) is 0 Å². The van der Waals surface area contributed by atoms with Gasteiger partial charge in [0.1, 0.15) is 0 Å². The van der Waals surface area contributed by atoms with Crippen molar-refractivity contribution < 1.29 is 0 Å². The molecule has 0 radical (unpaired) electrons. The summed E-state index contributed by atoms with van der Waals surface area (Å²) in [5, 5.41) is 4.91. The van der Waals surface area contributed by atoms with Gasteiger partial charge in [0, 0.05) is 0 Å². The molecule has 1 spiro atoms. The Kier molecular flexibility index (Phi) is 3.31. The normalized spacial score (nSPS) is 25.5. The van der Waals surface area contributed by atoms with E-state index in [1.165, 1.54) is 11.1 Å². The van der Waals surface area contributed by atoms with E-state index >= 15 is 0 Å². The highest BCUT2D eigenvalue weighted by molar-refractivity contribution is 7.13. The molecule has 28 heavy (non-hydrogen) atoms. The van der Waals surface area contributed by atoms with Gasteiger partial charge in [-0.2, -0.15) is 0 Å².